The number of unbranched alkanes of at least 4 members (excludes halogenated alkanes) is 4. The number of rotatable bonds is 9. The van der Waals surface area contributed by atoms with Crippen LogP contribution in [0.15, 0.2) is 23.3 Å². The molecule has 0 aromatic carbocycles. The van der Waals surface area contributed by atoms with Crippen LogP contribution < -0.4 is 0 Å². The van der Waals surface area contributed by atoms with E-state index in [-0.39, 0.29) is 0 Å². The van der Waals surface area contributed by atoms with E-state index in [0.717, 1.165) is 4.48 Å². The molecule has 0 aromatic heterocycles. The summed E-state index contributed by atoms with van der Waals surface area (Å²) in [5.41, 5.74) is 3.56. The Morgan fingerprint density at radius 2 is 1.78 bits per heavy atom. The second-order valence-electron chi connectivity index (χ2n) is 8.95. The molecule has 0 aromatic rings. The van der Waals surface area contributed by atoms with Gasteiger partial charge >= 0.3 is 0 Å². The third-order valence-electron chi connectivity index (χ3n) is 6.02. The van der Waals surface area contributed by atoms with Crippen LogP contribution in [-0.4, -0.2) is 31.2 Å². The highest BCUT2D eigenvalue weighted by atomic mass is 15.3. The standard InChI is InChI=1S/C22H42N/c1-8-9-10-11-12-18-23(6,7)20(3)15-16-21-19(2)14-13-17-22(21,4)5/h15-16,20H,8-14,17-18H2,1-7H3/q+1/b16-15+. The van der Waals surface area contributed by atoms with Crippen LogP contribution in [-0.2, 0) is 0 Å². The van der Waals surface area contributed by atoms with Gasteiger partial charge in [-0.25, -0.2) is 0 Å². The van der Waals surface area contributed by atoms with Gasteiger partial charge in [-0.15, -0.1) is 0 Å². The maximum absolute atomic E-state index is 2.47. The lowest BCUT2D eigenvalue weighted by Crippen LogP contribution is -2.47. The van der Waals surface area contributed by atoms with Crippen molar-refractivity contribution in [2.24, 2.45) is 5.41 Å². The first-order valence-electron chi connectivity index (χ1n) is 9.92. The molecule has 0 spiro atoms. The van der Waals surface area contributed by atoms with E-state index >= 15 is 0 Å². The summed E-state index contributed by atoms with van der Waals surface area (Å²) >= 11 is 0. The third kappa shape index (κ3) is 6.45. The van der Waals surface area contributed by atoms with Crippen molar-refractivity contribution in [3.05, 3.63) is 23.3 Å². The Labute approximate surface area is 146 Å². The minimum absolute atomic E-state index is 0.357. The van der Waals surface area contributed by atoms with Crippen LogP contribution in [0.5, 0.6) is 0 Å². The van der Waals surface area contributed by atoms with Crippen molar-refractivity contribution < 1.29 is 4.48 Å². The van der Waals surface area contributed by atoms with Gasteiger partial charge in [0.1, 0.15) is 6.04 Å². The molecular formula is C22H42N+. The first-order chi connectivity index (χ1) is 10.7. The highest BCUT2D eigenvalue weighted by Crippen LogP contribution is 2.40. The Kier molecular flexibility index (Phi) is 8.07. The average Bonchev–Trinajstić information content (AvgIpc) is 2.45. The maximum Gasteiger partial charge on any atom is 0.105 e. The summed E-state index contributed by atoms with van der Waals surface area (Å²) < 4.78 is 1.11. The molecule has 1 unspecified atom stereocenters. The van der Waals surface area contributed by atoms with E-state index in [0.29, 0.717) is 11.5 Å². The van der Waals surface area contributed by atoms with Gasteiger partial charge in [-0.3, -0.25) is 0 Å². The normalized spacial score (nSPS) is 20.3. The van der Waals surface area contributed by atoms with E-state index in [1.54, 1.807) is 11.1 Å². The highest BCUT2D eigenvalue weighted by molar-refractivity contribution is 5.32. The van der Waals surface area contributed by atoms with E-state index in [9.17, 15) is 0 Å². The van der Waals surface area contributed by atoms with Gasteiger partial charge in [0, 0.05) is 0 Å². The van der Waals surface area contributed by atoms with Gasteiger partial charge in [-0.1, -0.05) is 51.7 Å². The van der Waals surface area contributed by atoms with Gasteiger partial charge in [-0.2, -0.15) is 0 Å². The van der Waals surface area contributed by atoms with Crippen molar-refractivity contribution in [1.82, 2.24) is 0 Å². The Bertz CT molecular complexity index is 412. The fraction of sp³-hybridized carbons (Fsp3) is 0.818. The predicted molar refractivity (Wildman–Crippen MR) is 105 cm³/mol. The van der Waals surface area contributed by atoms with Gasteiger partial charge in [-0.05, 0) is 63.0 Å². The molecule has 0 amide bonds. The SMILES string of the molecule is CCCCCCC[N+](C)(C)C(C)/C=C/C1=C(C)CCCC1(C)C. The average molecular weight is 321 g/mol. The molecule has 0 bridgehead atoms. The minimum Gasteiger partial charge on any atom is -0.323 e. The molecule has 0 radical (unpaired) electrons. The van der Waals surface area contributed by atoms with Crippen LogP contribution in [0.3, 0.4) is 0 Å². The van der Waals surface area contributed by atoms with Crippen LogP contribution >= 0.6 is 0 Å². The van der Waals surface area contributed by atoms with E-state index in [1.807, 2.05) is 0 Å². The van der Waals surface area contributed by atoms with E-state index in [4.69, 9.17) is 0 Å². The van der Waals surface area contributed by atoms with Crippen LogP contribution in [0.25, 0.3) is 0 Å². The number of hydrogen-bond acceptors (Lipinski definition) is 0. The third-order valence-corrected chi connectivity index (χ3v) is 6.02. The molecular weight excluding hydrogens is 278 g/mol. The Morgan fingerprint density at radius 1 is 1.13 bits per heavy atom. The Balaban J connectivity index is 2.60. The summed E-state index contributed by atoms with van der Waals surface area (Å²) in [5, 5.41) is 0. The van der Waals surface area contributed by atoms with E-state index < -0.39 is 0 Å². The van der Waals surface area contributed by atoms with Crippen LogP contribution in [0.4, 0.5) is 0 Å². The summed E-state index contributed by atoms with van der Waals surface area (Å²) in [6.45, 7) is 13.1. The Hall–Kier alpha value is -0.560. The minimum atomic E-state index is 0.357. The first kappa shape index (κ1) is 20.5. The van der Waals surface area contributed by atoms with Crippen molar-refractivity contribution in [3.63, 3.8) is 0 Å². The quantitative estimate of drug-likeness (QED) is 0.336. The molecule has 1 rings (SSSR count). The first-order valence-corrected chi connectivity index (χ1v) is 9.92. The van der Waals surface area contributed by atoms with Gasteiger partial charge in [0.05, 0.1) is 20.6 Å². The smallest absolute Gasteiger partial charge is 0.105 e. The molecule has 1 aliphatic rings. The van der Waals surface area contributed by atoms with Gasteiger partial charge in [0.15, 0.2) is 0 Å². The molecule has 1 heteroatoms. The molecule has 134 valence electrons. The summed E-state index contributed by atoms with van der Waals surface area (Å²) in [5.74, 6) is 0. The Morgan fingerprint density at radius 3 is 2.39 bits per heavy atom. The summed E-state index contributed by atoms with van der Waals surface area (Å²) in [7, 11) is 4.78. The number of quaternary nitrogens is 1. The number of hydrogen-bond donors (Lipinski definition) is 0. The van der Waals surface area contributed by atoms with Gasteiger partial charge in [0.2, 0.25) is 0 Å². The zero-order valence-electron chi connectivity index (χ0n) is 17.0. The molecule has 1 atom stereocenters. The second kappa shape index (κ2) is 9.06. The monoisotopic (exact) mass is 320 g/mol. The summed E-state index contributed by atoms with van der Waals surface area (Å²) in [6.07, 6.45) is 15.8. The summed E-state index contributed by atoms with van der Waals surface area (Å²) in [4.78, 5) is 0. The molecule has 23 heavy (non-hydrogen) atoms. The lowest BCUT2D eigenvalue weighted by atomic mass is 9.72. The largest absolute Gasteiger partial charge is 0.323 e. The summed E-state index contributed by atoms with van der Waals surface area (Å²) in [6, 6.07) is 0.583. The second-order valence-corrected chi connectivity index (χ2v) is 8.95. The highest BCUT2D eigenvalue weighted by Gasteiger charge is 2.27. The van der Waals surface area contributed by atoms with Gasteiger partial charge < -0.3 is 4.48 Å². The van der Waals surface area contributed by atoms with Crippen molar-refractivity contribution in [1.29, 1.82) is 0 Å². The van der Waals surface area contributed by atoms with Crippen molar-refractivity contribution in [3.8, 4) is 0 Å². The molecule has 0 heterocycles. The zero-order chi connectivity index (χ0) is 17.5. The van der Waals surface area contributed by atoms with E-state index in [1.165, 1.54) is 57.9 Å². The lowest BCUT2D eigenvalue weighted by Gasteiger charge is -2.36. The molecule has 0 N–H and O–H groups in total. The fourth-order valence-corrected chi connectivity index (χ4v) is 3.81. The van der Waals surface area contributed by atoms with Crippen LogP contribution in [0.2, 0.25) is 0 Å². The molecule has 1 nitrogen and oxygen atoms in total. The van der Waals surface area contributed by atoms with Gasteiger partial charge in [0.25, 0.3) is 0 Å². The lowest BCUT2D eigenvalue weighted by molar-refractivity contribution is -0.906. The van der Waals surface area contributed by atoms with Crippen LogP contribution in [0.1, 0.15) is 86.0 Å². The zero-order valence-corrected chi connectivity index (χ0v) is 17.0. The van der Waals surface area contributed by atoms with Crippen LogP contribution in [0, 0.1) is 5.41 Å². The topological polar surface area (TPSA) is 0 Å². The molecule has 0 fully saturated rings. The van der Waals surface area contributed by atoms with Crippen molar-refractivity contribution >= 4 is 0 Å². The molecule has 1 aliphatic carbocycles. The van der Waals surface area contributed by atoms with Crippen molar-refractivity contribution in [2.45, 2.75) is 92.0 Å². The molecule has 0 aliphatic heterocycles. The molecule has 0 saturated carbocycles. The molecule has 0 saturated heterocycles. The van der Waals surface area contributed by atoms with Crippen molar-refractivity contribution in [2.75, 3.05) is 20.6 Å². The number of likely N-dealkylation sites (N-methyl/N-ethyl adjacent to an activating group) is 1. The number of nitrogens with zero attached hydrogens (tertiary/aromatic N) is 1. The number of allylic oxidation sites excluding steroid dienone is 3. The predicted octanol–water partition coefficient (Wildman–Crippen LogP) is 6.50. The fourth-order valence-electron chi connectivity index (χ4n) is 3.81. The maximum atomic E-state index is 2.47. The van der Waals surface area contributed by atoms with E-state index in [2.05, 4.69) is 60.9 Å².